The Labute approximate surface area is 111 Å². The van der Waals surface area contributed by atoms with Crippen LogP contribution in [0.3, 0.4) is 0 Å². The average Bonchev–Trinajstić information content (AvgIpc) is 3.13. The summed E-state index contributed by atoms with van der Waals surface area (Å²) in [5.74, 6) is 0.534. The molecule has 1 aliphatic carbocycles. The first-order valence-corrected chi connectivity index (χ1v) is 6.76. The maximum Gasteiger partial charge on any atom is 0.270 e. The van der Waals surface area contributed by atoms with Crippen LogP contribution in [0, 0.1) is 5.92 Å². The van der Waals surface area contributed by atoms with E-state index in [1.54, 1.807) is 6.33 Å². The van der Waals surface area contributed by atoms with Gasteiger partial charge in [-0.3, -0.25) is 4.79 Å². The lowest BCUT2D eigenvalue weighted by Gasteiger charge is -2.23. The standard InChI is InChI=1S/C14H16N4O/c19-14(17-12-5-10-4-9(12)7-15-10)13-6-11-2-1-3-18(11)8-16-13/h1-3,6,8-10,12,15H,4-5,7H2,(H,17,19)/t9-,10-,12+/m1/s1. The molecular formula is C14H16N4O. The Morgan fingerprint density at radius 3 is 3.21 bits per heavy atom. The first-order valence-electron chi connectivity index (χ1n) is 6.76. The fraction of sp³-hybridized carbons (Fsp3) is 0.429. The van der Waals surface area contributed by atoms with E-state index in [4.69, 9.17) is 0 Å². The molecule has 4 rings (SSSR count). The molecule has 3 atom stereocenters. The molecule has 2 N–H and O–H groups in total. The Kier molecular flexibility index (Phi) is 2.35. The zero-order chi connectivity index (χ0) is 12.8. The van der Waals surface area contributed by atoms with Gasteiger partial charge >= 0.3 is 0 Å². The van der Waals surface area contributed by atoms with Crippen molar-refractivity contribution in [2.45, 2.75) is 24.9 Å². The van der Waals surface area contributed by atoms with Gasteiger partial charge in [0, 0.05) is 30.3 Å². The van der Waals surface area contributed by atoms with Gasteiger partial charge in [0.1, 0.15) is 5.69 Å². The molecule has 0 radical (unpaired) electrons. The van der Waals surface area contributed by atoms with Gasteiger partial charge in [0.2, 0.25) is 0 Å². The Morgan fingerprint density at radius 2 is 2.42 bits per heavy atom. The molecule has 5 heteroatoms. The number of carbonyl (C=O) groups excluding carboxylic acids is 1. The zero-order valence-corrected chi connectivity index (χ0v) is 10.5. The van der Waals surface area contributed by atoms with Crippen LogP contribution in [0.25, 0.3) is 5.52 Å². The highest BCUT2D eigenvalue weighted by Crippen LogP contribution is 2.31. The lowest BCUT2D eigenvalue weighted by atomic mass is 10.0. The Hall–Kier alpha value is -1.88. The fourth-order valence-electron chi connectivity index (χ4n) is 3.31. The SMILES string of the molecule is O=C(N[C@H]1C[C@H]2C[C@@H]1CN2)c1cc2cccn2cn1. The normalized spacial score (nSPS) is 28.9. The molecule has 0 spiro atoms. The third kappa shape index (κ3) is 1.81. The van der Waals surface area contributed by atoms with Crippen molar-refractivity contribution in [2.24, 2.45) is 5.92 Å². The number of amides is 1. The second-order valence-electron chi connectivity index (χ2n) is 5.53. The molecule has 1 saturated carbocycles. The molecule has 1 aliphatic heterocycles. The van der Waals surface area contributed by atoms with Gasteiger partial charge in [-0.25, -0.2) is 4.98 Å². The van der Waals surface area contributed by atoms with Crippen molar-refractivity contribution in [3.05, 3.63) is 36.4 Å². The third-order valence-electron chi connectivity index (χ3n) is 4.33. The number of rotatable bonds is 2. The summed E-state index contributed by atoms with van der Waals surface area (Å²) in [7, 11) is 0. The van der Waals surface area contributed by atoms with Crippen molar-refractivity contribution in [1.82, 2.24) is 20.0 Å². The van der Waals surface area contributed by atoms with Crippen molar-refractivity contribution in [3.63, 3.8) is 0 Å². The van der Waals surface area contributed by atoms with Crippen molar-refractivity contribution in [2.75, 3.05) is 6.54 Å². The second kappa shape index (κ2) is 4.06. The molecule has 98 valence electrons. The second-order valence-corrected chi connectivity index (χ2v) is 5.53. The van der Waals surface area contributed by atoms with E-state index in [-0.39, 0.29) is 5.91 Å². The van der Waals surface area contributed by atoms with Crippen LogP contribution in [-0.2, 0) is 0 Å². The molecule has 1 amide bonds. The molecule has 2 aromatic rings. The lowest BCUT2D eigenvalue weighted by Crippen LogP contribution is -2.44. The Morgan fingerprint density at radius 1 is 1.47 bits per heavy atom. The van der Waals surface area contributed by atoms with Gasteiger partial charge in [0.15, 0.2) is 0 Å². The van der Waals surface area contributed by atoms with E-state index in [9.17, 15) is 4.79 Å². The van der Waals surface area contributed by atoms with Crippen molar-refractivity contribution < 1.29 is 4.79 Å². The molecule has 5 nitrogen and oxygen atoms in total. The largest absolute Gasteiger partial charge is 0.348 e. The minimum absolute atomic E-state index is 0.0544. The molecule has 2 bridgehead atoms. The van der Waals surface area contributed by atoms with Crippen LogP contribution in [0.1, 0.15) is 23.3 Å². The highest BCUT2D eigenvalue weighted by atomic mass is 16.1. The van der Waals surface area contributed by atoms with E-state index in [1.807, 2.05) is 28.8 Å². The van der Waals surface area contributed by atoms with Crippen molar-refractivity contribution >= 4 is 11.4 Å². The van der Waals surface area contributed by atoms with Crippen LogP contribution in [0.4, 0.5) is 0 Å². The molecule has 1 saturated heterocycles. The summed E-state index contributed by atoms with van der Waals surface area (Å²) in [6, 6.07) is 6.65. The average molecular weight is 256 g/mol. The highest BCUT2D eigenvalue weighted by Gasteiger charge is 2.40. The van der Waals surface area contributed by atoms with Gasteiger partial charge < -0.3 is 15.0 Å². The van der Waals surface area contributed by atoms with Crippen LogP contribution < -0.4 is 10.6 Å². The predicted octanol–water partition coefficient (Wildman–Crippen LogP) is 0.814. The first-order chi connectivity index (χ1) is 9.29. The summed E-state index contributed by atoms with van der Waals surface area (Å²) >= 11 is 0. The first kappa shape index (κ1) is 11.0. The van der Waals surface area contributed by atoms with Crippen molar-refractivity contribution in [1.29, 1.82) is 0 Å². The minimum atomic E-state index is -0.0544. The van der Waals surface area contributed by atoms with Crippen LogP contribution in [-0.4, -0.2) is 33.9 Å². The maximum atomic E-state index is 12.2. The number of hydrogen-bond acceptors (Lipinski definition) is 3. The van der Waals surface area contributed by atoms with Gasteiger partial charge in [-0.1, -0.05) is 0 Å². The van der Waals surface area contributed by atoms with E-state index in [2.05, 4.69) is 15.6 Å². The molecular weight excluding hydrogens is 240 g/mol. The summed E-state index contributed by atoms with van der Waals surface area (Å²) < 4.78 is 1.90. The number of fused-ring (bicyclic) bond motifs is 3. The van der Waals surface area contributed by atoms with Crippen molar-refractivity contribution in [3.8, 4) is 0 Å². The van der Waals surface area contributed by atoms with Gasteiger partial charge in [-0.15, -0.1) is 0 Å². The summed E-state index contributed by atoms with van der Waals surface area (Å²) in [5, 5.41) is 6.58. The number of aromatic nitrogens is 2. The van der Waals surface area contributed by atoms with E-state index in [1.165, 1.54) is 6.42 Å². The van der Waals surface area contributed by atoms with E-state index < -0.39 is 0 Å². The third-order valence-corrected chi connectivity index (χ3v) is 4.33. The smallest absolute Gasteiger partial charge is 0.270 e. The van der Waals surface area contributed by atoms with Crippen LogP contribution in [0.5, 0.6) is 0 Å². The number of carbonyl (C=O) groups is 1. The number of nitrogens with zero attached hydrogens (tertiary/aromatic N) is 2. The van der Waals surface area contributed by atoms with Gasteiger partial charge in [0.25, 0.3) is 5.91 Å². The maximum absolute atomic E-state index is 12.2. The fourth-order valence-corrected chi connectivity index (χ4v) is 3.31. The minimum Gasteiger partial charge on any atom is -0.348 e. The number of nitrogens with one attached hydrogen (secondary N) is 2. The van der Waals surface area contributed by atoms with Gasteiger partial charge in [-0.2, -0.15) is 0 Å². The summed E-state index contributed by atoms with van der Waals surface area (Å²) in [4.78, 5) is 16.5. The quantitative estimate of drug-likeness (QED) is 0.836. The van der Waals surface area contributed by atoms with E-state index in [0.29, 0.717) is 23.7 Å². The van der Waals surface area contributed by atoms with Crippen LogP contribution in [0.2, 0.25) is 0 Å². The molecule has 0 unspecified atom stereocenters. The summed E-state index contributed by atoms with van der Waals surface area (Å²) in [5.41, 5.74) is 1.50. The van der Waals surface area contributed by atoms with Crippen LogP contribution in [0.15, 0.2) is 30.7 Å². The molecule has 2 aromatic heterocycles. The van der Waals surface area contributed by atoms with E-state index >= 15 is 0 Å². The Balaban J connectivity index is 1.53. The lowest BCUT2D eigenvalue weighted by molar-refractivity contribution is 0.0920. The summed E-state index contributed by atoms with van der Waals surface area (Å²) in [6.45, 7) is 1.03. The molecule has 2 aliphatic rings. The molecule has 19 heavy (non-hydrogen) atoms. The number of piperidine rings is 1. The van der Waals surface area contributed by atoms with Gasteiger partial charge in [-0.05, 0) is 37.0 Å². The Bertz CT molecular complexity index is 635. The van der Waals surface area contributed by atoms with E-state index in [0.717, 1.165) is 18.5 Å². The monoisotopic (exact) mass is 256 g/mol. The summed E-state index contributed by atoms with van der Waals surface area (Å²) in [6.07, 6.45) is 5.85. The topological polar surface area (TPSA) is 58.4 Å². The zero-order valence-electron chi connectivity index (χ0n) is 10.5. The molecule has 0 aromatic carbocycles. The predicted molar refractivity (Wildman–Crippen MR) is 71.0 cm³/mol. The highest BCUT2D eigenvalue weighted by molar-refractivity contribution is 5.93. The van der Waals surface area contributed by atoms with Crippen LogP contribution >= 0.6 is 0 Å². The molecule has 3 heterocycles. The number of hydrogen-bond donors (Lipinski definition) is 2. The molecule has 2 fully saturated rings. The van der Waals surface area contributed by atoms with Gasteiger partial charge in [0.05, 0.1) is 6.33 Å².